The highest BCUT2D eigenvalue weighted by atomic mass is 19.4. The summed E-state index contributed by atoms with van der Waals surface area (Å²) in [6.45, 7) is 0.0995. The molecule has 0 unspecified atom stereocenters. The second-order valence-corrected chi connectivity index (χ2v) is 4.91. The van der Waals surface area contributed by atoms with Crippen molar-refractivity contribution in [2.75, 3.05) is 31.2 Å². The molecule has 21 heavy (non-hydrogen) atoms. The average Bonchev–Trinajstić information content (AvgIpc) is 2.79. The van der Waals surface area contributed by atoms with E-state index in [0.29, 0.717) is 13.0 Å². The number of alkyl halides is 3. The number of nitrogens with zero attached hydrogens (tertiary/aromatic N) is 1. The van der Waals surface area contributed by atoms with Gasteiger partial charge in [-0.1, -0.05) is 6.07 Å². The third-order valence-corrected chi connectivity index (χ3v) is 3.31. The van der Waals surface area contributed by atoms with Gasteiger partial charge in [0.1, 0.15) is 6.61 Å². The van der Waals surface area contributed by atoms with Gasteiger partial charge in [0.15, 0.2) is 0 Å². The standard InChI is InChI=1S/C14H16F3NO3/c15-14(16,17)9-21-7-1-5-18-6-4-10-2-3-11(13(19)20)8-12(10)18/h2-3,8H,1,4-7,9H2,(H,19,20). The van der Waals surface area contributed by atoms with Crippen molar-refractivity contribution < 1.29 is 27.8 Å². The molecule has 2 rings (SSSR count). The second-order valence-electron chi connectivity index (χ2n) is 4.91. The highest BCUT2D eigenvalue weighted by Gasteiger charge is 2.27. The van der Waals surface area contributed by atoms with Crippen LogP contribution in [0.4, 0.5) is 18.9 Å². The molecule has 0 bridgehead atoms. The van der Waals surface area contributed by atoms with Crippen molar-refractivity contribution in [1.29, 1.82) is 0 Å². The van der Waals surface area contributed by atoms with E-state index in [9.17, 15) is 18.0 Å². The van der Waals surface area contributed by atoms with Crippen molar-refractivity contribution in [3.05, 3.63) is 29.3 Å². The molecule has 0 spiro atoms. The fraction of sp³-hybridized carbons (Fsp3) is 0.500. The van der Waals surface area contributed by atoms with Crippen molar-refractivity contribution in [3.63, 3.8) is 0 Å². The van der Waals surface area contributed by atoms with Gasteiger partial charge in [-0.25, -0.2) is 4.79 Å². The van der Waals surface area contributed by atoms with Crippen molar-refractivity contribution in [1.82, 2.24) is 0 Å². The van der Waals surface area contributed by atoms with Crippen LogP contribution in [0, 0.1) is 0 Å². The Morgan fingerprint density at radius 2 is 2.14 bits per heavy atom. The van der Waals surface area contributed by atoms with Crippen LogP contribution < -0.4 is 4.90 Å². The van der Waals surface area contributed by atoms with Crippen molar-refractivity contribution in [2.45, 2.75) is 19.0 Å². The van der Waals surface area contributed by atoms with Gasteiger partial charge in [0, 0.05) is 25.4 Å². The molecule has 1 aromatic rings. The van der Waals surface area contributed by atoms with Crippen LogP contribution in [0.1, 0.15) is 22.3 Å². The summed E-state index contributed by atoms with van der Waals surface area (Å²) in [6, 6.07) is 4.97. The van der Waals surface area contributed by atoms with E-state index in [1.165, 1.54) is 0 Å². The van der Waals surface area contributed by atoms with Crippen LogP contribution in [-0.2, 0) is 11.2 Å². The quantitative estimate of drug-likeness (QED) is 0.821. The highest BCUT2D eigenvalue weighted by Crippen LogP contribution is 2.29. The number of ether oxygens (including phenoxy) is 1. The molecule has 0 saturated heterocycles. The van der Waals surface area contributed by atoms with Gasteiger partial charge in [-0.3, -0.25) is 0 Å². The topological polar surface area (TPSA) is 49.8 Å². The molecule has 1 aliphatic heterocycles. The first-order chi connectivity index (χ1) is 9.87. The molecule has 1 aliphatic rings. The summed E-state index contributed by atoms with van der Waals surface area (Å²) in [7, 11) is 0. The summed E-state index contributed by atoms with van der Waals surface area (Å²) in [5.74, 6) is -0.988. The SMILES string of the molecule is O=C(O)c1ccc2c(c1)N(CCCOCC(F)(F)F)CC2. The minimum absolute atomic E-state index is 0.0317. The average molecular weight is 303 g/mol. The van der Waals surface area contributed by atoms with E-state index in [-0.39, 0.29) is 12.2 Å². The van der Waals surface area contributed by atoms with E-state index in [1.54, 1.807) is 18.2 Å². The first-order valence-electron chi connectivity index (χ1n) is 6.62. The van der Waals surface area contributed by atoms with E-state index in [0.717, 1.165) is 24.2 Å². The molecule has 4 nitrogen and oxygen atoms in total. The molecule has 0 fully saturated rings. The van der Waals surface area contributed by atoms with E-state index < -0.39 is 18.8 Å². The van der Waals surface area contributed by atoms with Gasteiger partial charge in [0.2, 0.25) is 0 Å². The molecule has 116 valence electrons. The molecule has 0 aromatic heterocycles. The maximum absolute atomic E-state index is 11.9. The van der Waals surface area contributed by atoms with Crippen LogP contribution in [-0.4, -0.2) is 43.6 Å². The summed E-state index contributed by atoms with van der Waals surface area (Å²) in [4.78, 5) is 12.9. The van der Waals surface area contributed by atoms with Gasteiger partial charge in [-0.05, 0) is 30.5 Å². The molecular weight excluding hydrogens is 287 g/mol. The van der Waals surface area contributed by atoms with Crippen LogP contribution in [0.5, 0.6) is 0 Å². The lowest BCUT2D eigenvalue weighted by molar-refractivity contribution is -0.173. The van der Waals surface area contributed by atoms with Gasteiger partial charge in [0.25, 0.3) is 0 Å². The maximum Gasteiger partial charge on any atom is 0.411 e. The zero-order valence-electron chi connectivity index (χ0n) is 11.3. The minimum Gasteiger partial charge on any atom is -0.478 e. The molecule has 1 heterocycles. The number of anilines is 1. The number of hydrogen-bond acceptors (Lipinski definition) is 3. The normalized spacial score (nSPS) is 14.3. The van der Waals surface area contributed by atoms with Crippen LogP contribution >= 0.6 is 0 Å². The first-order valence-corrected chi connectivity index (χ1v) is 6.62. The Labute approximate surface area is 120 Å². The Balaban J connectivity index is 1.85. The Hall–Kier alpha value is -1.76. The molecule has 1 aromatic carbocycles. The Morgan fingerprint density at radius 3 is 2.81 bits per heavy atom. The van der Waals surface area contributed by atoms with Gasteiger partial charge in [0.05, 0.1) is 5.56 Å². The summed E-state index contributed by atoms with van der Waals surface area (Å²) in [5, 5.41) is 8.98. The Morgan fingerprint density at radius 1 is 1.38 bits per heavy atom. The Kier molecular flexibility index (Phi) is 4.72. The molecule has 0 aliphatic carbocycles. The summed E-state index contributed by atoms with van der Waals surface area (Å²) in [6.07, 6.45) is -3.01. The predicted molar refractivity (Wildman–Crippen MR) is 70.8 cm³/mol. The smallest absolute Gasteiger partial charge is 0.411 e. The van der Waals surface area contributed by atoms with Gasteiger partial charge in [-0.15, -0.1) is 0 Å². The number of halogens is 3. The number of hydrogen-bond donors (Lipinski definition) is 1. The third kappa shape index (κ3) is 4.35. The van der Waals surface area contributed by atoms with Crippen molar-refractivity contribution in [3.8, 4) is 0 Å². The number of aromatic carboxylic acids is 1. The van der Waals surface area contributed by atoms with Gasteiger partial charge >= 0.3 is 12.1 Å². The van der Waals surface area contributed by atoms with Crippen LogP contribution in [0.25, 0.3) is 0 Å². The van der Waals surface area contributed by atoms with Crippen molar-refractivity contribution >= 4 is 11.7 Å². The monoisotopic (exact) mass is 303 g/mol. The Bertz CT molecular complexity index is 517. The van der Waals surface area contributed by atoms with E-state index in [1.807, 2.05) is 4.90 Å². The number of fused-ring (bicyclic) bond motifs is 1. The maximum atomic E-state index is 11.9. The summed E-state index contributed by atoms with van der Waals surface area (Å²) in [5.41, 5.74) is 2.14. The molecule has 1 N–H and O–H groups in total. The zero-order chi connectivity index (χ0) is 15.5. The number of benzene rings is 1. The molecule has 7 heteroatoms. The number of rotatable bonds is 6. The number of carboxylic acids is 1. The van der Waals surface area contributed by atoms with E-state index in [4.69, 9.17) is 5.11 Å². The number of carboxylic acid groups (broad SMARTS) is 1. The second kappa shape index (κ2) is 6.34. The van der Waals surface area contributed by atoms with Crippen LogP contribution in [0.15, 0.2) is 18.2 Å². The van der Waals surface area contributed by atoms with E-state index in [2.05, 4.69) is 4.74 Å². The molecule has 0 saturated carbocycles. The highest BCUT2D eigenvalue weighted by molar-refractivity contribution is 5.89. The summed E-state index contributed by atoms with van der Waals surface area (Å²) >= 11 is 0. The predicted octanol–water partition coefficient (Wildman–Crippen LogP) is 2.72. The number of carbonyl (C=O) groups is 1. The lowest BCUT2D eigenvalue weighted by Gasteiger charge is -2.19. The van der Waals surface area contributed by atoms with Crippen LogP contribution in [0.2, 0.25) is 0 Å². The van der Waals surface area contributed by atoms with Crippen molar-refractivity contribution in [2.24, 2.45) is 0 Å². The zero-order valence-corrected chi connectivity index (χ0v) is 11.3. The van der Waals surface area contributed by atoms with E-state index >= 15 is 0 Å². The summed E-state index contributed by atoms with van der Waals surface area (Å²) < 4.78 is 40.3. The van der Waals surface area contributed by atoms with Crippen LogP contribution in [0.3, 0.4) is 0 Å². The molecule has 0 radical (unpaired) electrons. The third-order valence-electron chi connectivity index (χ3n) is 3.31. The first kappa shape index (κ1) is 15.6. The lowest BCUT2D eigenvalue weighted by atomic mass is 10.1. The van der Waals surface area contributed by atoms with Gasteiger partial charge in [-0.2, -0.15) is 13.2 Å². The molecule has 0 atom stereocenters. The minimum atomic E-state index is -4.30. The van der Waals surface area contributed by atoms with Gasteiger partial charge < -0.3 is 14.7 Å². The lowest BCUT2D eigenvalue weighted by Crippen LogP contribution is -2.24. The molecular formula is C14H16F3NO3. The fourth-order valence-electron chi connectivity index (χ4n) is 2.36. The molecule has 0 amide bonds. The largest absolute Gasteiger partial charge is 0.478 e. The fourth-order valence-corrected chi connectivity index (χ4v) is 2.36.